The Bertz CT molecular complexity index is 1390. The zero-order chi connectivity index (χ0) is 28.3. The van der Waals surface area contributed by atoms with Crippen molar-refractivity contribution >= 4 is 40.9 Å². The van der Waals surface area contributed by atoms with Gasteiger partial charge in [-0.1, -0.05) is 41.4 Å². The maximum absolute atomic E-state index is 14.0. The summed E-state index contributed by atoms with van der Waals surface area (Å²) in [7, 11) is 0. The molecule has 7 nitrogen and oxygen atoms in total. The highest BCUT2D eigenvalue weighted by atomic mass is 35.5. The van der Waals surface area contributed by atoms with Crippen LogP contribution in [0.3, 0.4) is 0 Å². The van der Waals surface area contributed by atoms with Crippen LogP contribution in [0.4, 0.5) is 14.9 Å². The minimum Gasteiger partial charge on any atom is -0.508 e. The molecular formula is C30H30Cl2FN3O4. The lowest BCUT2D eigenvalue weighted by atomic mass is 9.82. The zero-order valence-electron chi connectivity index (χ0n) is 21.8. The number of hydrogen-bond donors (Lipinski definition) is 3. The normalized spacial score (nSPS) is 17.0. The molecule has 0 bridgehead atoms. The van der Waals surface area contributed by atoms with E-state index in [1.165, 1.54) is 12.1 Å². The Labute approximate surface area is 242 Å². The van der Waals surface area contributed by atoms with Crippen LogP contribution in [0.2, 0.25) is 10.0 Å². The van der Waals surface area contributed by atoms with E-state index in [0.29, 0.717) is 60.2 Å². The van der Waals surface area contributed by atoms with Crippen LogP contribution in [0.15, 0.2) is 60.7 Å². The molecule has 3 N–H and O–H groups in total. The molecule has 1 fully saturated rings. The van der Waals surface area contributed by atoms with Crippen LogP contribution in [0.25, 0.3) is 0 Å². The number of anilines is 1. The fraction of sp³-hybridized carbons (Fsp3) is 0.333. The van der Waals surface area contributed by atoms with Crippen molar-refractivity contribution < 1.29 is 23.8 Å². The largest absolute Gasteiger partial charge is 0.508 e. The van der Waals surface area contributed by atoms with E-state index in [2.05, 4.69) is 15.5 Å². The first-order valence-corrected chi connectivity index (χ1v) is 14.0. The van der Waals surface area contributed by atoms with Crippen molar-refractivity contribution in [3.63, 3.8) is 0 Å². The van der Waals surface area contributed by atoms with Gasteiger partial charge in [-0.3, -0.25) is 10.1 Å². The van der Waals surface area contributed by atoms with Crippen molar-refractivity contribution in [2.75, 3.05) is 25.0 Å². The van der Waals surface area contributed by atoms with E-state index in [1.807, 2.05) is 6.07 Å². The van der Waals surface area contributed by atoms with Gasteiger partial charge in [0.05, 0.1) is 21.7 Å². The van der Waals surface area contributed by atoms with Gasteiger partial charge in [0.2, 0.25) is 5.91 Å². The number of aromatic hydroxyl groups is 1. The molecule has 3 aromatic carbocycles. The van der Waals surface area contributed by atoms with Crippen molar-refractivity contribution in [2.24, 2.45) is 0 Å². The van der Waals surface area contributed by atoms with Gasteiger partial charge in [0.1, 0.15) is 17.2 Å². The molecule has 3 aromatic rings. The molecule has 1 unspecified atom stereocenters. The average Bonchev–Trinajstić information content (AvgIpc) is 2.94. The topological polar surface area (TPSA) is 90.9 Å². The molecule has 210 valence electrons. The third-order valence-corrected chi connectivity index (χ3v) is 8.43. The summed E-state index contributed by atoms with van der Waals surface area (Å²) in [6, 6.07) is 16.3. The maximum Gasteiger partial charge on any atom is 0.412 e. The van der Waals surface area contributed by atoms with Gasteiger partial charge in [0.25, 0.3) is 0 Å². The van der Waals surface area contributed by atoms with Crippen molar-refractivity contribution in [2.45, 2.75) is 43.7 Å². The fourth-order valence-corrected chi connectivity index (χ4v) is 5.81. The number of nitrogens with zero attached hydrogens (tertiary/aromatic N) is 1. The summed E-state index contributed by atoms with van der Waals surface area (Å²) >= 11 is 12.4. The molecular weight excluding hydrogens is 556 g/mol. The van der Waals surface area contributed by atoms with Crippen LogP contribution in [0.1, 0.15) is 48.3 Å². The molecule has 10 heteroatoms. The second-order valence-corrected chi connectivity index (χ2v) is 11.1. The SMILES string of the molecule is O=C1Nc2ccc(F)cc2C2(CCN(CCCC(C(=O)NCc3ccc(O)cc3)c3ccc(Cl)c(Cl)c3)CC2)O1. The average molecular weight is 586 g/mol. The van der Waals surface area contributed by atoms with Crippen molar-refractivity contribution in [3.8, 4) is 5.75 Å². The minimum atomic E-state index is -0.840. The number of phenolic OH excluding ortho intramolecular Hbond substituents is 1. The summed E-state index contributed by atoms with van der Waals surface area (Å²) in [4.78, 5) is 27.8. The first-order valence-electron chi connectivity index (χ1n) is 13.3. The summed E-state index contributed by atoms with van der Waals surface area (Å²) in [6.07, 6.45) is 1.93. The Kier molecular flexibility index (Phi) is 8.49. The van der Waals surface area contributed by atoms with Crippen LogP contribution < -0.4 is 10.6 Å². The van der Waals surface area contributed by atoms with E-state index in [4.69, 9.17) is 27.9 Å². The van der Waals surface area contributed by atoms with Gasteiger partial charge < -0.3 is 20.1 Å². The molecule has 1 spiro atoms. The van der Waals surface area contributed by atoms with Crippen molar-refractivity contribution in [1.82, 2.24) is 10.2 Å². The van der Waals surface area contributed by atoms with Crippen LogP contribution in [-0.4, -0.2) is 41.6 Å². The molecule has 1 saturated heterocycles. The second-order valence-electron chi connectivity index (χ2n) is 10.3. The number of phenols is 1. The molecule has 0 aromatic heterocycles. The highest BCUT2D eigenvalue weighted by Gasteiger charge is 2.44. The minimum absolute atomic E-state index is 0.121. The van der Waals surface area contributed by atoms with Crippen molar-refractivity contribution in [1.29, 1.82) is 0 Å². The molecule has 40 heavy (non-hydrogen) atoms. The Balaban J connectivity index is 1.21. The number of amides is 2. The predicted octanol–water partition coefficient (Wildman–Crippen LogP) is 6.57. The number of halogens is 3. The number of rotatable bonds is 8. The van der Waals surface area contributed by atoms with Gasteiger partial charge in [0.15, 0.2) is 0 Å². The van der Waals surface area contributed by atoms with E-state index < -0.39 is 17.6 Å². The zero-order valence-corrected chi connectivity index (χ0v) is 23.3. The van der Waals surface area contributed by atoms with Gasteiger partial charge in [-0.15, -0.1) is 0 Å². The lowest BCUT2D eigenvalue weighted by Gasteiger charge is -2.44. The first-order chi connectivity index (χ1) is 19.2. The molecule has 0 aliphatic carbocycles. The monoisotopic (exact) mass is 585 g/mol. The van der Waals surface area contributed by atoms with Crippen LogP contribution >= 0.6 is 23.2 Å². The van der Waals surface area contributed by atoms with Gasteiger partial charge in [-0.2, -0.15) is 0 Å². The van der Waals surface area contributed by atoms with E-state index in [9.17, 15) is 19.1 Å². The van der Waals surface area contributed by atoms with E-state index in [0.717, 1.165) is 24.1 Å². The lowest BCUT2D eigenvalue weighted by molar-refractivity contribution is -0.122. The smallest absolute Gasteiger partial charge is 0.412 e. The van der Waals surface area contributed by atoms with Crippen LogP contribution in [-0.2, 0) is 21.7 Å². The number of likely N-dealkylation sites (tertiary alicyclic amines) is 1. The van der Waals surface area contributed by atoms with Crippen LogP contribution in [0, 0.1) is 5.82 Å². The maximum atomic E-state index is 14.0. The number of carbonyl (C=O) groups is 2. The molecule has 2 amide bonds. The number of nitrogens with one attached hydrogen (secondary N) is 2. The highest BCUT2D eigenvalue weighted by Crippen LogP contribution is 2.43. The van der Waals surface area contributed by atoms with Crippen LogP contribution in [0.5, 0.6) is 5.75 Å². The molecule has 1 atom stereocenters. The van der Waals surface area contributed by atoms with E-state index >= 15 is 0 Å². The Hall–Kier alpha value is -3.33. The number of carbonyl (C=O) groups excluding carboxylic acids is 2. The second kappa shape index (κ2) is 12.0. The summed E-state index contributed by atoms with van der Waals surface area (Å²) in [5.74, 6) is -0.744. The molecule has 5 rings (SSSR count). The van der Waals surface area contributed by atoms with Gasteiger partial charge >= 0.3 is 6.09 Å². The molecule has 2 aliphatic heterocycles. The Morgan fingerprint density at radius 1 is 1.07 bits per heavy atom. The molecule has 2 heterocycles. The van der Waals surface area contributed by atoms with E-state index in [-0.39, 0.29) is 17.5 Å². The summed E-state index contributed by atoms with van der Waals surface area (Å²) < 4.78 is 19.8. The van der Waals surface area contributed by atoms with E-state index in [1.54, 1.807) is 42.5 Å². The first kappa shape index (κ1) is 28.2. The molecule has 2 aliphatic rings. The number of piperidine rings is 1. The summed E-state index contributed by atoms with van der Waals surface area (Å²) in [6.45, 7) is 2.43. The van der Waals surface area contributed by atoms with Gasteiger partial charge in [-0.05, 0) is 73.0 Å². The quantitative estimate of drug-likeness (QED) is 0.278. The van der Waals surface area contributed by atoms with Gasteiger partial charge in [0, 0.05) is 38.0 Å². The third kappa shape index (κ3) is 6.35. The predicted molar refractivity (Wildman–Crippen MR) is 152 cm³/mol. The summed E-state index contributed by atoms with van der Waals surface area (Å²) in [5.41, 5.74) is 2.09. The Morgan fingerprint density at radius 3 is 2.55 bits per heavy atom. The fourth-order valence-electron chi connectivity index (χ4n) is 5.50. The third-order valence-electron chi connectivity index (χ3n) is 7.69. The molecule has 0 saturated carbocycles. The lowest BCUT2D eigenvalue weighted by Crippen LogP contribution is -2.48. The number of fused-ring (bicyclic) bond motifs is 2. The number of hydrogen-bond acceptors (Lipinski definition) is 5. The summed E-state index contributed by atoms with van der Waals surface area (Å²) in [5, 5.41) is 16.0. The van der Waals surface area contributed by atoms with Crippen molar-refractivity contribution in [3.05, 3.63) is 93.2 Å². The number of benzene rings is 3. The Morgan fingerprint density at radius 2 is 1.82 bits per heavy atom. The molecule has 0 radical (unpaired) electrons. The number of ether oxygens (including phenoxy) is 1. The standard InChI is InChI=1S/C30H30Cl2FN3O4/c31-25-9-5-20(16-26(25)32)23(28(38)34-18-19-3-7-22(37)8-4-19)2-1-13-36-14-11-30(12-15-36)24-17-21(33)6-10-27(24)35-29(39)40-30/h3-10,16-17,23,37H,1-2,11-15,18H2,(H,34,38)(H,35,39). The highest BCUT2D eigenvalue weighted by molar-refractivity contribution is 6.42. The van der Waals surface area contributed by atoms with Gasteiger partial charge in [-0.25, -0.2) is 9.18 Å².